The lowest BCUT2D eigenvalue weighted by Gasteiger charge is -2.19. The van der Waals surface area contributed by atoms with Gasteiger partial charge in [-0.2, -0.15) is 0 Å². The van der Waals surface area contributed by atoms with Crippen LogP contribution < -0.4 is 14.8 Å². The number of fused-ring (bicyclic) bond motifs is 1. The van der Waals surface area contributed by atoms with Gasteiger partial charge in [-0.15, -0.1) is 0 Å². The van der Waals surface area contributed by atoms with Crippen LogP contribution in [0.25, 0.3) is 0 Å². The number of amides is 1. The molecule has 0 bridgehead atoms. The fourth-order valence-electron chi connectivity index (χ4n) is 2.15. The standard InChI is InChI=1S/C16H13BrClNO3/c17-11-2-3-13(18)12(8-11)16(20)19-9-10-1-4-14-15(7-10)22-6-5-21-14/h1-4,7-8H,5-6,9H2,(H,19,20). The summed E-state index contributed by atoms with van der Waals surface area (Å²) in [7, 11) is 0. The van der Waals surface area contributed by atoms with E-state index in [1.165, 1.54) is 0 Å². The van der Waals surface area contributed by atoms with Gasteiger partial charge in [-0.05, 0) is 35.9 Å². The number of ether oxygens (including phenoxy) is 2. The van der Waals surface area contributed by atoms with Crippen LogP contribution >= 0.6 is 27.5 Å². The molecule has 6 heteroatoms. The Morgan fingerprint density at radius 3 is 2.73 bits per heavy atom. The lowest BCUT2D eigenvalue weighted by molar-refractivity contribution is 0.0951. The zero-order valence-corrected chi connectivity index (χ0v) is 13.9. The number of halogens is 2. The molecule has 0 aliphatic carbocycles. The Bertz CT molecular complexity index is 721. The molecule has 3 rings (SSSR count). The minimum absolute atomic E-state index is 0.221. The monoisotopic (exact) mass is 381 g/mol. The Balaban J connectivity index is 1.69. The van der Waals surface area contributed by atoms with E-state index in [-0.39, 0.29) is 5.91 Å². The molecule has 0 aromatic heterocycles. The Hall–Kier alpha value is -1.72. The molecule has 4 nitrogen and oxygen atoms in total. The number of hydrogen-bond acceptors (Lipinski definition) is 3. The van der Waals surface area contributed by atoms with Crippen LogP contribution in [0.2, 0.25) is 5.02 Å². The summed E-state index contributed by atoms with van der Waals surface area (Å²) in [4.78, 5) is 12.2. The van der Waals surface area contributed by atoms with Crippen molar-refractivity contribution in [2.24, 2.45) is 0 Å². The Morgan fingerprint density at radius 2 is 1.91 bits per heavy atom. The summed E-state index contributed by atoms with van der Waals surface area (Å²) < 4.78 is 11.8. The van der Waals surface area contributed by atoms with E-state index < -0.39 is 0 Å². The fraction of sp³-hybridized carbons (Fsp3) is 0.188. The van der Waals surface area contributed by atoms with Gasteiger partial charge >= 0.3 is 0 Å². The number of rotatable bonds is 3. The number of hydrogen-bond donors (Lipinski definition) is 1. The Labute approximate surface area is 141 Å². The molecular formula is C16H13BrClNO3. The van der Waals surface area contributed by atoms with Crippen LogP contribution in [-0.2, 0) is 6.54 Å². The van der Waals surface area contributed by atoms with Gasteiger partial charge in [0, 0.05) is 11.0 Å². The SMILES string of the molecule is O=C(NCc1ccc2c(c1)OCCO2)c1cc(Br)ccc1Cl. The first-order chi connectivity index (χ1) is 10.6. The summed E-state index contributed by atoms with van der Waals surface area (Å²) in [6.45, 7) is 1.49. The van der Waals surface area contributed by atoms with Crippen LogP contribution in [0.1, 0.15) is 15.9 Å². The van der Waals surface area contributed by atoms with Gasteiger partial charge in [-0.1, -0.05) is 33.6 Å². The minimum atomic E-state index is -0.221. The lowest BCUT2D eigenvalue weighted by Crippen LogP contribution is -2.23. The summed E-state index contributed by atoms with van der Waals surface area (Å²) in [6, 6.07) is 10.8. The molecule has 0 fully saturated rings. The van der Waals surface area contributed by atoms with Crippen molar-refractivity contribution >= 4 is 33.4 Å². The van der Waals surface area contributed by atoms with Crippen molar-refractivity contribution in [1.82, 2.24) is 5.32 Å². The van der Waals surface area contributed by atoms with Gasteiger partial charge in [0.25, 0.3) is 5.91 Å². The maximum Gasteiger partial charge on any atom is 0.253 e. The van der Waals surface area contributed by atoms with Crippen LogP contribution in [0.3, 0.4) is 0 Å². The zero-order chi connectivity index (χ0) is 15.5. The number of nitrogens with one attached hydrogen (secondary N) is 1. The lowest BCUT2D eigenvalue weighted by atomic mass is 10.1. The van der Waals surface area contributed by atoms with Crippen LogP contribution in [0.15, 0.2) is 40.9 Å². The van der Waals surface area contributed by atoms with Crippen molar-refractivity contribution in [1.29, 1.82) is 0 Å². The number of carbonyl (C=O) groups is 1. The molecule has 1 heterocycles. The van der Waals surface area contributed by atoms with Crippen LogP contribution in [0, 0.1) is 0 Å². The maximum atomic E-state index is 12.2. The number of benzene rings is 2. The highest BCUT2D eigenvalue weighted by atomic mass is 79.9. The Kier molecular flexibility index (Phi) is 4.55. The molecular weight excluding hydrogens is 370 g/mol. The van der Waals surface area contributed by atoms with E-state index >= 15 is 0 Å². The van der Waals surface area contributed by atoms with E-state index in [2.05, 4.69) is 21.2 Å². The minimum Gasteiger partial charge on any atom is -0.486 e. The molecule has 0 saturated carbocycles. The highest BCUT2D eigenvalue weighted by molar-refractivity contribution is 9.10. The molecule has 1 amide bonds. The zero-order valence-electron chi connectivity index (χ0n) is 11.6. The van der Waals surface area contributed by atoms with Gasteiger partial charge in [0.2, 0.25) is 0 Å². The Morgan fingerprint density at radius 1 is 1.14 bits per heavy atom. The van der Waals surface area contributed by atoms with E-state index in [1.54, 1.807) is 18.2 Å². The molecule has 1 N–H and O–H groups in total. The third kappa shape index (κ3) is 3.36. The summed E-state index contributed by atoms with van der Waals surface area (Å²) in [5.41, 5.74) is 1.37. The van der Waals surface area contributed by atoms with Gasteiger partial charge in [0.1, 0.15) is 13.2 Å². The molecule has 0 unspecified atom stereocenters. The quantitative estimate of drug-likeness (QED) is 0.878. The molecule has 22 heavy (non-hydrogen) atoms. The van der Waals surface area contributed by atoms with Crippen molar-refractivity contribution in [3.8, 4) is 11.5 Å². The van der Waals surface area contributed by atoms with Crippen molar-refractivity contribution in [2.45, 2.75) is 6.54 Å². The average Bonchev–Trinajstić information content (AvgIpc) is 2.54. The third-order valence-electron chi connectivity index (χ3n) is 3.23. The molecule has 2 aromatic rings. The highest BCUT2D eigenvalue weighted by Crippen LogP contribution is 2.30. The van der Waals surface area contributed by atoms with E-state index in [9.17, 15) is 4.79 Å². The van der Waals surface area contributed by atoms with Crippen molar-refractivity contribution in [2.75, 3.05) is 13.2 Å². The molecule has 2 aromatic carbocycles. The van der Waals surface area contributed by atoms with Gasteiger partial charge in [-0.25, -0.2) is 0 Å². The smallest absolute Gasteiger partial charge is 0.253 e. The number of carbonyl (C=O) groups excluding carboxylic acids is 1. The van der Waals surface area contributed by atoms with Crippen LogP contribution in [0.4, 0.5) is 0 Å². The van der Waals surface area contributed by atoms with E-state index in [4.69, 9.17) is 21.1 Å². The third-order valence-corrected chi connectivity index (χ3v) is 4.06. The fourth-order valence-corrected chi connectivity index (χ4v) is 2.71. The molecule has 0 spiro atoms. The largest absolute Gasteiger partial charge is 0.486 e. The topological polar surface area (TPSA) is 47.6 Å². The van der Waals surface area contributed by atoms with E-state index in [1.807, 2.05) is 18.2 Å². The average molecular weight is 383 g/mol. The second-order valence-electron chi connectivity index (χ2n) is 4.78. The predicted molar refractivity (Wildman–Crippen MR) is 87.8 cm³/mol. The van der Waals surface area contributed by atoms with Crippen LogP contribution in [-0.4, -0.2) is 19.1 Å². The molecule has 1 aliphatic heterocycles. The normalized spacial score (nSPS) is 12.8. The van der Waals surface area contributed by atoms with Crippen molar-refractivity contribution in [3.05, 3.63) is 57.0 Å². The van der Waals surface area contributed by atoms with Crippen molar-refractivity contribution < 1.29 is 14.3 Å². The first kappa shape index (κ1) is 15.2. The van der Waals surface area contributed by atoms with Gasteiger partial charge in [-0.3, -0.25) is 4.79 Å². The van der Waals surface area contributed by atoms with E-state index in [0.29, 0.717) is 36.1 Å². The summed E-state index contributed by atoms with van der Waals surface area (Å²) in [5, 5.41) is 3.27. The maximum absolute atomic E-state index is 12.2. The summed E-state index contributed by atoms with van der Waals surface area (Å²) in [5.74, 6) is 1.22. The van der Waals surface area contributed by atoms with Crippen molar-refractivity contribution in [3.63, 3.8) is 0 Å². The second kappa shape index (κ2) is 6.58. The van der Waals surface area contributed by atoms with Gasteiger partial charge in [0.05, 0.1) is 10.6 Å². The van der Waals surface area contributed by atoms with Gasteiger partial charge in [0.15, 0.2) is 11.5 Å². The molecule has 114 valence electrons. The van der Waals surface area contributed by atoms with Crippen LogP contribution in [0.5, 0.6) is 11.5 Å². The molecule has 0 saturated heterocycles. The van der Waals surface area contributed by atoms with Gasteiger partial charge < -0.3 is 14.8 Å². The summed E-state index contributed by atoms with van der Waals surface area (Å²) in [6.07, 6.45) is 0. The first-order valence-electron chi connectivity index (χ1n) is 6.75. The first-order valence-corrected chi connectivity index (χ1v) is 7.92. The molecule has 0 radical (unpaired) electrons. The predicted octanol–water partition coefficient (Wildman–Crippen LogP) is 3.80. The molecule has 0 atom stereocenters. The van der Waals surface area contributed by atoms with E-state index in [0.717, 1.165) is 15.8 Å². The second-order valence-corrected chi connectivity index (χ2v) is 6.11. The molecule has 1 aliphatic rings. The highest BCUT2D eigenvalue weighted by Gasteiger charge is 2.13. The summed E-state index contributed by atoms with van der Waals surface area (Å²) >= 11 is 9.38.